The maximum absolute atomic E-state index is 6.22. The number of nitrogens with zero attached hydrogens (tertiary/aromatic N) is 4. The van der Waals surface area contributed by atoms with Gasteiger partial charge in [0.2, 0.25) is 5.95 Å². The normalized spacial score (nSPS) is 16.1. The highest BCUT2D eigenvalue weighted by atomic mass is 35.5. The van der Waals surface area contributed by atoms with E-state index in [1.807, 2.05) is 55.8 Å². The van der Waals surface area contributed by atoms with E-state index in [2.05, 4.69) is 25.7 Å². The molecule has 8 heteroatoms. The number of anilines is 2. The van der Waals surface area contributed by atoms with Crippen LogP contribution in [0.2, 0.25) is 5.02 Å². The van der Waals surface area contributed by atoms with Crippen molar-refractivity contribution in [2.75, 3.05) is 18.4 Å². The lowest BCUT2D eigenvalue weighted by molar-refractivity contribution is 0.223. The second kappa shape index (κ2) is 7.93. The first-order valence-corrected chi connectivity index (χ1v) is 10.2. The number of benzene rings is 2. The van der Waals surface area contributed by atoms with Crippen LogP contribution in [0, 0.1) is 0 Å². The second-order valence-electron chi connectivity index (χ2n) is 7.40. The maximum atomic E-state index is 6.22. The van der Waals surface area contributed by atoms with E-state index in [0.29, 0.717) is 11.0 Å². The van der Waals surface area contributed by atoms with Crippen LogP contribution in [0.5, 0.6) is 5.75 Å². The fourth-order valence-corrected chi connectivity index (χ4v) is 3.77. The first-order chi connectivity index (χ1) is 14.6. The third kappa shape index (κ3) is 4.08. The van der Waals surface area contributed by atoms with E-state index in [1.54, 1.807) is 10.9 Å². The summed E-state index contributed by atoms with van der Waals surface area (Å²) in [5.41, 5.74) is 3.71. The highest BCUT2D eigenvalue weighted by Gasteiger charge is 2.17. The van der Waals surface area contributed by atoms with Gasteiger partial charge in [-0.05, 0) is 48.9 Å². The zero-order valence-corrected chi connectivity index (χ0v) is 17.2. The zero-order valence-electron chi connectivity index (χ0n) is 16.5. The van der Waals surface area contributed by atoms with Crippen LogP contribution in [-0.4, -0.2) is 38.9 Å². The molecule has 3 heterocycles. The van der Waals surface area contributed by atoms with E-state index < -0.39 is 0 Å². The molecule has 2 aromatic carbocycles. The Morgan fingerprint density at radius 2 is 2.10 bits per heavy atom. The van der Waals surface area contributed by atoms with E-state index in [0.717, 1.165) is 53.0 Å². The van der Waals surface area contributed by atoms with Gasteiger partial charge in [-0.15, -0.1) is 0 Å². The van der Waals surface area contributed by atoms with Crippen LogP contribution in [0.15, 0.2) is 55.0 Å². The van der Waals surface area contributed by atoms with E-state index in [-0.39, 0.29) is 6.10 Å². The fourth-order valence-electron chi connectivity index (χ4n) is 3.59. The number of nitrogens with one attached hydrogen (secondary N) is 2. The molecule has 30 heavy (non-hydrogen) atoms. The first kappa shape index (κ1) is 18.8. The van der Waals surface area contributed by atoms with Gasteiger partial charge in [-0.1, -0.05) is 11.6 Å². The van der Waals surface area contributed by atoms with Gasteiger partial charge in [0.05, 0.1) is 11.7 Å². The molecule has 0 unspecified atom stereocenters. The van der Waals surface area contributed by atoms with Gasteiger partial charge in [0.1, 0.15) is 11.9 Å². The molecule has 0 saturated carbocycles. The minimum absolute atomic E-state index is 0.170. The molecule has 5 rings (SSSR count). The van der Waals surface area contributed by atoms with Crippen molar-refractivity contribution in [1.29, 1.82) is 0 Å². The highest BCUT2D eigenvalue weighted by Crippen LogP contribution is 2.31. The van der Waals surface area contributed by atoms with E-state index in [9.17, 15) is 0 Å². The van der Waals surface area contributed by atoms with E-state index in [1.165, 1.54) is 0 Å². The van der Waals surface area contributed by atoms with Gasteiger partial charge in [-0.2, -0.15) is 5.10 Å². The van der Waals surface area contributed by atoms with Crippen molar-refractivity contribution in [2.45, 2.75) is 12.5 Å². The highest BCUT2D eigenvalue weighted by molar-refractivity contribution is 6.31. The predicted octanol–water partition coefficient (Wildman–Crippen LogP) is 4.17. The van der Waals surface area contributed by atoms with Gasteiger partial charge >= 0.3 is 0 Å². The third-order valence-electron chi connectivity index (χ3n) is 5.06. The Morgan fingerprint density at radius 3 is 2.90 bits per heavy atom. The number of fused-ring (bicyclic) bond motifs is 1. The molecule has 2 aromatic heterocycles. The molecule has 0 bridgehead atoms. The number of hydrogen-bond donors (Lipinski definition) is 2. The number of rotatable bonds is 5. The fraction of sp³-hybridized carbons (Fsp3) is 0.227. The van der Waals surface area contributed by atoms with Crippen molar-refractivity contribution in [1.82, 2.24) is 25.1 Å². The molecule has 7 nitrogen and oxygen atoms in total. The van der Waals surface area contributed by atoms with Crippen molar-refractivity contribution < 1.29 is 4.74 Å². The minimum atomic E-state index is 0.170. The Balaban J connectivity index is 1.48. The van der Waals surface area contributed by atoms with Crippen molar-refractivity contribution in [3.63, 3.8) is 0 Å². The Morgan fingerprint density at radius 1 is 1.17 bits per heavy atom. The maximum Gasteiger partial charge on any atom is 0.227 e. The van der Waals surface area contributed by atoms with Crippen molar-refractivity contribution in [3.05, 3.63) is 60.0 Å². The minimum Gasteiger partial charge on any atom is -0.489 e. The third-order valence-corrected chi connectivity index (χ3v) is 5.30. The van der Waals surface area contributed by atoms with Crippen molar-refractivity contribution in [3.8, 4) is 16.9 Å². The molecule has 1 saturated heterocycles. The van der Waals surface area contributed by atoms with Gasteiger partial charge in [-0.3, -0.25) is 4.68 Å². The van der Waals surface area contributed by atoms with Gasteiger partial charge in [0, 0.05) is 53.7 Å². The standard InChI is InChI=1S/C22H21ClN6O/c1-29-13-16(11-26-29)14-7-18(9-20(8-14)30-19-4-5-24-12-19)27-22-25-10-15-6-17(23)2-3-21(15)28-22/h2-3,6-11,13,19,24H,4-5,12H2,1H3,(H,25,27,28)/t19-/m1/s1. The number of ether oxygens (including phenoxy) is 1. The lowest BCUT2D eigenvalue weighted by Gasteiger charge is -2.15. The Kier molecular flexibility index (Phi) is 4.98. The van der Waals surface area contributed by atoms with Crippen LogP contribution < -0.4 is 15.4 Å². The van der Waals surface area contributed by atoms with Crippen LogP contribution in [-0.2, 0) is 7.05 Å². The van der Waals surface area contributed by atoms with Crippen LogP contribution in [0.3, 0.4) is 0 Å². The topological polar surface area (TPSA) is 76.9 Å². The van der Waals surface area contributed by atoms with Crippen LogP contribution in [0.4, 0.5) is 11.6 Å². The van der Waals surface area contributed by atoms with Gasteiger partial charge in [0.25, 0.3) is 0 Å². The summed E-state index contributed by atoms with van der Waals surface area (Å²) < 4.78 is 8.01. The van der Waals surface area contributed by atoms with E-state index >= 15 is 0 Å². The zero-order chi connectivity index (χ0) is 20.5. The lowest BCUT2D eigenvalue weighted by atomic mass is 10.1. The molecule has 0 radical (unpaired) electrons. The van der Waals surface area contributed by atoms with Crippen LogP contribution >= 0.6 is 11.6 Å². The summed E-state index contributed by atoms with van der Waals surface area (Å²) in [4.78, 5) is 9.04. The quantitative estimate of drug-likeness (QED) is 0.504. The molecule has 1 atom stereocenters. The molecular weight excluding hydrogens is 400 g/mol. The molecule has 1 fully saturated rings. The molecule has 4 aromatic rings. The smallest absolute Gasteiger partial charge is 0.227 e. The summed E-state index contributed by atoms with van der Waals surface area (Å²) in [7, 11) is 1.91. The molecule has 1 aliphatic heterocycles. The molecule has 2 N–H and O–H groups in total. The van der Waals surface area contributed by atoms with Gasteiger partial charge in [-0.25, -0.2) is 9.97 Å². The van der Waals surface area contributed by atoms with Crippen LogP contribution in [0.1, 0.15) is 6.42 Å². The van der Waals surface area contributed by atoms with Gasteiger partial charge in [0.15, 0.2) is 0 Å². The SMILES string of the molecule is Cn1cc(-c2cc(Nc3ncc4cc(Cl)ccc4n3)cc(O[C@@H]3CCNC3)c2)cn1. The van der Waals surface area contributed by atoms with Gasteiger partial charge < -0.3 is 15.4 Å². The summed E-state index contributed by atoms with van der Waals surface area (Å²) in [6.45, 7) is 1.84. The summed E-state index contributed by atoms with van der Waals surface area (Å²) in [6.07, 6.45) is 6.76. The predicted molar refractivity (Wildman–Crippen MR) is 118 cm³/mol. The molecule has 1 aliphatic rings. The summed E-state index contributed by atoms with van der Waals surface area (Å²) >= 11 is 6.06. The average molecular weight is 421 g/mol. The van der Waals surface area contributed by atoms with E-state index in [4.69, 9.17) is 16.3 Å². The number of hydrogen-bond acceptors (Lipinski definition) is 6. The van der Waals surface area contributed by atoms with Crippen LogP contribution in [0.25, 0.3) is 22.0 Å². The van der Waals surface area contributed by atoms with Crippen molar-refractivity contribution in [2.24, 2.45) is 7.05 Å². The average Bonchev–Trinajstić information content (AvgIpc) is 3.40. The molecule has 0 amide bonds. The molecular formula is C22H21ClN6O. The Labute approximate surface area is 179 Å². The Hall–Kier alpha value is -3.16. The summed E-state index contributed by atoms with van der Waals surface area (Å²) in [6, 6.07) is 11.6. The molecule has 0 aliphatic carbocycles. The largest absolute Gasteiger partial charge is 0.489 e. The summed E-state index contributed by atoms with van der Waals surface area (Å²) in [5, 5.41) is 12.5. The summed E-state index contributed by atoms with van der Waals surface area (Å²) in [5.74, 6) is 1.32. The first-order valence-electron chi connectivity index (χ1n) is 9.83. The molecule has 0 spiro atoms. The molecule has 152 valence electrons. The monoisotopic (exact) mass is 420 g/mol. The number of aryl methyl sites for hydroxylation is 1. The lowest BCUT2D eigenvalue weighted by Crippen LogP contribution is -2.19. The number of halogens is 1. The number of aromatic nitrogens is 4. The van der Waals surface area contributed by atoms with Crippen molar-refractivity contribution >= 4 is 34.1 Å². The second-order valence-corrected chi connectivity index (χ2v) is 7.84. The Bertz CT molecular complexity index is 1200.